The summed E-state index contributed by atoms with van der Waals surface area (Å²) in [6.07, 6.45) is 5.58. The zero-order chi connectivity index (χ0) is 9.80. The van der Waals surface area contributed by atoms with E-state index in [-0.39, 0.29) is 0 Å². The molecular formula is C12H12OZr. The Labute approximate surface area is 95.8 Å². The predicted molar refractivity (Wildman–Crippen MR) is 53.9 cm³/mol. The van der Waals surface area contributed by atoms with E-state index in [1.54, 1.807) is 0 Å². The van der Waals surface area contributed by atoms with Gasteiger partial charge in [-0.15, -0.1) is 0 Å². The number of carbonyl (C=O) groups excluding carboxylic acids is 1. The fourth-order valence-corrected chi connectivity index (χ4v) is 4.14. The Bertz CT molecular complexity index is 357. The van der Waals surface area contributed by atoms with E-state index in [1.807, 2.05) is 0 Å². The van der Waals surface area contributed by atoms with Crippen LogP contribution >= 0.6 is 0 Å². The molecule has 0 heterocycles. The molecule has 1 aliphatic rings. The maximum absolute atomic E-state index is 10.2. The molecule has 1 atom stereocenters. The molecule has 1 aromatic rings. The van der Waals surface area contributed by atoms with Crippen molar-refractivity contribution in [3.8, 4) is 0 Å². The standard InChI is InChI=1S/C10H9.C2H3O.Zr/c1-8-6-7-9-4-2-3-5-10(8)9;1-2-3;/h2-8H,1H2;2H,1H2;. The van der Waals surface area contributed by atoms with E-state index >= 15 is 0 Å². The summed E-state index contributed by atoms with van der Waals surface area (Å²) >= 11 is -0.439. The normalized spacial score (nSPS) is 17.9. The first kappa shape index (κ1) is 10.0. The van der Waals surface area contributed by atoms with Crippen LogP contribution in [-0.4, -0.2) is 6.29 Å². The van der Waals surface area contributed by atoms with Crippen molar-refractivity contribution in [1.82, 2.24) is 0 Å². The van der Waals surface area contributed by atoms with Crippen molar-refractivity contribution in [2.75, 3.05) is 0 Å². The van der Waals surface area contributed by atoms with Gasteiger partial charge in [0.1, 0.15) is 0 Å². The first-order valence-electron chi connectivity index (χ1n) is 4.83. The Morgan fingerprint density at radius 2 is 2.21 bits per heavy atom. The Balaban J connectivity index is 2.03. The van der Waals surface area contributed by atoms with Crippen molar-refractivity contribution in [1.29, 1.82) is 0 Å². The SMILES string of the molecule is O=C[CH2][Zr][CH2]C1C=Cc2ccccc21. The second-order valence-electron chi connectivity index (χ2n) is 3.42. The van der Waals surface area contributed by atoms with Crippen LogP contribution in [0.15, 0.2) is 30.3 Å². The molecular weight excluding hydrogens is 251 g/mol. The summed E-state index contributed by atoms with van der Waals surface area (Å²) in [6, 6.07) is 8.55. The summed E-state index contributed by atoms with van der Waals surface area (Å²) in [4.78, 5) is 10.2. The van der Waals surface area contributed by atoms with Crippen LogP contribution in [-0.2, 0) is 28.0 Å². The van der Waals surface area contributed by atoms with Crippen molar-refractivity contribution in [2.24, 2.45) is 0 Å². The molecule has 1 nitrogen and oxygen atoms in total. The monoisotopic (exact) mass is 262 g/mol. The average molecular weight is 263 g/mol. The average Bonchev–Trinajstić information content (AvgIpc) is 2.63. The zero-order valence-electron chi connectivity index (χ0n) is 7.94. The van der Waals surface area contributed by atoms with Crippen LogP contribution in [0.4, 0.5) is 0 Å². The second kappa shape index (κ2) is 4.84. The van der Waals surface area contributed by atoms with Gasteiger partial charge in [0.15, 0.2) is 0 Å². The number of carbonyl (C=O) groups is 1. The van der Waals surface area contributed by atoms with Gasteiger partial charge in [-0.05, 0) is 0 Å². The summed E-state index contributed by atoms with van der Waals surface area (Å²) in [5, 5.41) is 0. The summed E-state index contributed by atoms with van der Waals surface area (Å²) in [7, 11) is 0. The molecule has 0 radical (unpaired) electrons. The molecule has 1 aliphatic carbocycles. The van der Waals surface area contributed by atoms with Crippen LogP contribution in [0, 0.1) is 0 Å². The number of hydrogen-bond donors (Lipinski definition) is 0. The molecule has 0 N–H and O–H groups in total. The molecule has 0 aliphatic heterocycles. The molecule has 0 spiro atoms. The van der Waals surface area contributed by atoms with Crippen LogP contribution < -0.4 is 0 Å². The topological polar surface area (TPSA) is 17.1 Å². The Morgan fingerprint density at radius 3 is 3.07 bits per heavy atom. The van der Waals surface area contributed by atoms with E-state index in [0.29, 0.717) is 5.92 Å². The molecule has 1 unspecified atom stereocenters. The molecule has 0 amide bonds. The quantitative estimate of drug-likeness (QED) is 0.603. The van der Waals surface area contributed by atoms with Crippen LogP contribution in [0.25, 0.3) is 6.08 Å². The van der Waals surface area contributed by atoms with Crippen molar-refractivity contribution in [3.05, 3.63) is 41.5 Å². The third-order valence-corrected chi connectivity index (χ3v) is 5.41. The van der Waals surface area contributed by atoms with E-state index in [4.69, 9.17) is 0 Å². The molecule has 0 saturated carbocycles. The van der Waals surface area contributed by atoms with Gasteiger partial charge in [0.05, 0.1) is 0 Å². The predicted octanol–water partition coefficient (Wildman–Crippen LogP) is 2.92. The van der Waals surface area contributed by atoms with Gasteiger partial charge in [0, 0.05) is 0 Å². The number of benzene rings is 1. The van der Waals surface area contributed by atoms with Gasteiger partial charge >= 0.3 is 96.0 Å². The third kappa shape index (κ3) is 2.12. The summed E-state index contributed by atoms with van der Waals surface area (Å²) in [5.41, 5.74) is 2.82. The van der Waals surface area contributed by atoms with Gasteiger partial charge in [-0.2, -0.15) is 0 Å². The third-order valence-electron chi connectivity index (χ3n) is 2.50. The Hall–Kier alpha value is -0.487. The molecule has 0 saturated heterocycles. The van der Waals surface area contributed by atoms with E-state index in [0.717, 1.165) is 10.4 Å². The van der Waals surface area contributed by atoms with Gasteiger partial charge in [-0.25, -0.2) is 0 Å². The molecule has 0 fully saturated rings. The molecule has 70 valence electrons. The van der Waals surface area contributed by atoms with Crippen LogP contribution in [0.2, 0.25) is 8.26 Å². The fourth-order valence-electron chi connectivity index (χ4n) is 1.80. The molecule has 0 bridgehead atoms. The van der Waals surface area contributed by atoms with Gasteiger partial charge in [0.2, 0.25) is 0 Å². The van der Waals surface area contributed by atoms with E-state index in [2.05, 4.69) is 36.4 Å². The first-order chi connectivity index (χ1) is 6.92. The number of allylic oxidation sites excluding steroid dienone is 1. The van der Waals surface area contributed by atoms with Crippen LogP contribution in [0.5, 0.6) is 0 Å². The van der Waals surface area contributed by atoms with Crippen LogP contribution in [0.3, 0.4) is 0 Å². The number of fused-ring (bicyclic) bond motifs is 1. The van der Waals surface area contributed by atoms with Crippen molar-refractivity contribution in [3.63, 3.8) is 0 Å². The second-order valence-corrected chi connectivity index (χ2v) is 6.66. The Kier molecular flexibility index (Phi) is 3.47. The number of hydrogen-bond acceptors (Lipinski definition) is 1. The van der Waals surface area contributed by atoms with Crippen LogP contribution in [0.1, 0.15) is 17.0 Å². The summed E-state index contributed by atoms with van der Waals surface area (Å²) in [5.74, 6) is 0.609. The van der Waals surface area contributed by atoms with Gasteiger partial charge in [-0.1, -0.05) is 0 Å². The minimum atomic E-state index is -0.439. The molecule has 2 rings (SSSR count). The van der Waals surface area contributed by atoms with Crippen molar-refractivity contribution < 1.29 is 28.0 Å². The molecule has 1 aromatic carbocycles. The summed E-state index contributed by atoms with van der Waals surface area (Å²) in [6.45, 7) is 0. The van der Waals surface area contributed by atoms with E-state index in [9.17, 15) is 4.79 Å². The Morgan fingerprint density at radius 1 is 1.36 bits per heavy atom. The first-order valence-corrected chi connectivity index (χ1v) is 8.31. The van der Waals surface area contributed by atoms with Crippen molar-refractivity contribution in [2.45, 2.75) is 14.2 Å². The van der Waals surface area contributed by atoms with E-state index < -0.39 is 23.2 Å². The minimum absolute atomic E-state index is 0.439. The maximum atomic E-state index is 10.2. The van der Waals surface area contributed by atoms with Gasteiger partial charge in [0.25, 0.3) is 0 Å². The van der Waals surface area contributed by atoms with E-state index in [1.165, 1.54) is 15.3 Å². The van der Waals surface area contributed by atoms with Crippen molar-refractivity contribution >= 4 is 12.4 Å². The summed E-state index contributed by atoms with van der Waals surface area (Å²) < 4.78 is 2.12. The molecule has 2 heteroatoms. The molecule has 14 heavy (non-hydrogen) atoms. The van der Waals surface area contributed by atoms with Gasteiger partial charge < -0.3 is 0 Å². The number of aldehydes is 1. The zero-order valence-corrected chi connectivity index (χ0v) is 10.4. The number of rotatable bonds is 4. The fraction of sp³-hybridized carbons (Fsp3) is 0.250. The van der Waals surface area contributed by atoms with Gasteiger partial charge in [-0.3, -0.25) is 0 Å². The molecule has 0 aromatic heterocycles.